The zero-order valence-corrected chi connectivity index (χ0v) is 20.9. The SMILES string of the molecule is CCn1cc(C(=O)N2CCCCCC2)c(S(=O)(=O)N2CCN(c3cc(Cl)ccc3C)CC2)n1. The van der Waals surface area contributed by atoms with Crippen molar-refractivity contribution in [2.24, 2.45) is 0 Å². The number of benzene rings is 1. The summed E-state index contributed by atoms with van der Waals surface area (Å²) in [5.74, 6) is -0.233. The standard InChI is InChI=1S/C23H32ClN5O3S/c1-3-28-17-20(23(30)27-10-6-4-5-7-11-27)22(25-28)33(31,32)29-14-12-26(13-15-29)21-16-19(24)9-8-18(21)2/h8-9,16-17H,3-7,10-15H2,1-2H3. The van der Waals surface area contributed by atoms with Gasteiger partial charge in [0.1, 0.15) is 0 Å². The van der Waals surface area contributed by atoms with Crippen LogP contribution in [0.2, 0.25) is 5.02 Å². The van der Waals surface area contributed by atoms with Gasteiger partial charge in [-0.15, -0.1) is 0 Å². The van der Waals surface area contributed by atoms with Crippen LogP contribution in [0.3, 0.4) is 0 Å². The summed E-state index contributed by atoms with van der Waals surface area (Å²) < 4.78 is 30.2. The van der Waals surface area contributed by atoms with Crippen LogP contribution < -0.4 is 4.90 Å². The zero-order valence-electron chi connectivity index (χ0n) is 19.3. The highest BCUT2D eigenvalue weighted by Crippen LogP contribution is 2.28. The van der Waals surface area contributed by atoms with E-state index in [2.05, 4.69) is 10.00 Å². The average molecular weight is 494 g/mol. The van der Waals surface area contributed by atoms with E-state index in [9.17, 15) is 13.2 Å². The molecule has 8 nitrogen and oxygen atoms in total. The van der Waals surface area contributed by atoms with Crippen molar-refractivity contribution in [3.63, 3.8) is 0 Å². The summed E-state index contributed by atoms with van der Waals surface area (Å²) in [6, 6.07) is 5.74. The van der Waals surface area contributed by atoms with Crippen LogP contribution in [0.1, 0.15) is 48.5 Å². The molecule has 2 aliphatic heterocycles. The van der Waals surface area contributed by atoms with Crippen LogP contribution in [0, 0.1) is 6.92 Å². The monoisotopic (exact) mass is 493 g/mol. The maximum absolute atomic E-state index is 13.6. The van der Waals surface area contributed by atoms with E-state index in [1.807, 2.05) is 32.0 Å². The molecule has 0 bridgehead atoms. The highest BCUT2D eigenvalue weighted by molar-refractivity contribution is 7.89. The van der Waals surface area contributed by atoms with Gasteiger partial charge in [0.15, 0.2) is 0 Å². The van der Waals surface area contributed by atoms with Gasteiger partial charge in [0, 0.05) is 62.7 Å². The number of hydrogen-bond acceptors (Lipinski definition) is 5. The van der Waals surface area contributed by atoms with Crippen LogP contribution >= 0.6 is 11.6 Å². The van der Waals surface area contributed by atoms with Crippen molar-refractivity contribution in [3.05, 3.63) is 40.5 Å². The van der Waals surface area contributed by atoms with E-state index in [-0.39, 0.29) is 16.5 Å². The summed E-state index contributed by atoms with van der Waals surface area (Å²) >= 11 is 6.18. The summed E-state index contributed by atoms with van der Waals surface area (Å²) in [5, 5.41) is 4.87. The third-order valence-electron chi connectivity index (χ3n) is 6.51. The minimum absolute atomic E-state index is 0.119. The average Bonchev–Trinajstić information content (AvgIpc) is 3.08. The van der Waals surface area contributed by atoms with Crippen LogP contribution in [0.5, 0.6) is 0 Å². The fourth-order valence-corrected chi connectivity index (χ4v) is 6.24. The van der Waals surface area contributed by atoms with Crippen molar-refractivity contribution in [2.75, 3.05) is 44.2 Å². The number of aryl methyl sites for hydroxylation is 2. The van der Waals surface area contributed by atoms with Crippen LogP contribution in [-0.4, -0.2) is 72.6 Å². The lowest BCUT2D eigenvalue weighted by molar-refractivity contribution is 0.0757. The Morgan fingerprint density at radius 3 is 2.33 bits per heavy atom. The van der Waals surface area contributed by atoms with Crippen LogP contribution in [0.15, 0.2) is 29.4 Å². The van der Waals surface area contributed by atoms with Crippen LogP contribution in [0.4, 0.5) is 5.69 Å². The van der Waals surface area contributed by atoms with Crippen molar-refractivity contribution in [1.82, 2.24) is 19.0 Å². The van der Waals surface area contributed by atoms with Gasteiger partial charge in [0.25, 0.3) is 15.9 Å². The maximum Gasteiger partial charge on any atom is 0.263 e. The number of aromatic nitrogens is 2. The predicted molar refractivity (Wildman–Crippen MR) is 129 cm³/mol. The third kappa shape index (κ3) is 5.05. The Balaban J connectivity index is 1.55. The number of sulfonamides is 1. The topological polar surface area (TPSA) is 78.8 Å². The molecule has 0 unspecified atom stereocenters. The molecule has 1 amide bonds. The molecule has 1 aromatic carbocycles. The van der Waals surface area contributed by atoms with Gasteiger partial charge in [0.05, 0.1) is 5.56 Å². The Morgan fingerprint density at radius 1 is 1.03 bits per heavy atom. The molecule has 0 aliphatic carbocycles. The number of carbonyl (C=O) groups is 1. The minimum Gasteiger partial charge on any atom is -0.369 e. The van der Waals surface area contributed by atoms with E-state index in [0.717, 1.165) is 36.9 Å². The summed E-state index contributed by atoms with van der Waals surface area (Å²) in [6.45, 7) is 7.46. The quantitative estimate of drug-likeness (QED) is 0.638. The van der Waals surface area contributed by atoms with E-state index >= 15 is 0 Å². The number of halogens is 1. The zero-order chi connectivity index (χ0) is 23.6. The Labute approximate surface area is 201 Å². The van der Waals surface area contributed by atoms with Gasteiger partial charge in [-0.2, -0.15) is 9.40 Å². The molecule has 0 spiro atoms. The molecule has 10 heteroatoms. The lowest BCUT2D eigenvalue weighted by atomic mass is 10.1. The molecule has 180 valence electrons. The van der Waals surface area contributed by atoms with Crippen LogP contribution in [0.25, 0.3) is 0 Å². The minimum atomic E-state index is -3.90. The van der Waals surface area contributed by atoms with E-state index in [1.165, 1.54) is 4.31 Å². The molecule has 2 saturated heterocycles. The molecule has 33 heavy (non-hydrogen) atoms. The Bertz CT molecular complexity index is 1100. The molecule has 2 fully saturated rings. The fraction of sp³-hybridized carbons (Fsp3) is 0.565. The fourth-order valence-electron chi connectivity index (χ4n) is 4.56. The molecule has 1 aromatic heterocycles. The molecule has 4 rings (SSSR count). The van der Waals surface area contributed by atoms with Gasteiger partial charge < -0.3 is 9.80 Å². The van der Waals surface area contributed by atoms with Gasteiger partial charge in [-0.05, 0) is 44.4 Å². The van der Waals surface area contributed by atoms with Gasteiger partial charge in [-0.3, -0.25) is 9.48 Å². The Morgan fingerprint density at radius 2 is 1.70 bits per heavy atom. The number of rotatable bonds is 5. The molecular formula is C23H32ClN5O3S. The predicted octanol–water partition coefficient (Wildman–Crippen LogP) is 3.39. The molecular weight excluding hydrogens is 462 g/mol. The normalized spacial score (nSPS) is 18.4. The number of likely N-dealkylation sites (tertiary alicyclic amines) is 1. The molecule has 0 radical (unpaired) electrons. The molecule has 3 heterocycles. The van der Waals surface area contributed by atoms with Crippen molar-refractivity contribution in [1.29, 1.82) is 0 Å². The van der Waals surface area contributed by atoms with Gasteiger partial charge in [-0.25, -0.2) is 8.42 Å². The number of piperazine rings is 1. The largest absolute Gasteiger partial charge is 0.369 e. The summed E-state index contributed by atoms with van der Waals surface area (Å²) in [5.41, 5.74) is 2.31. The second-order valence-corrected chi connectivity index (χ2v) is 11.0. The first-order chi connectivity index (χ1) is 15.8. The molecule has 0 N–H and O–H groups in total. The van der Waals surface area contributed by atoms with Crippen molar-refractivity contribution in [3.8, 4) is 0 Å². The molecule has 0 atom stereocenters. The van der Waals surface area contributed by atoms with E-state index < -0.39 is 10.0 Å². The molecule has 2 aromatic rings. The highest BCUT2D eigenvalue weighted by atomic mass is 35.5. The number of hydrogen-bond donors (Lipinski definition) is 0. The van der Waals surface area contributed by atoms with E-state index in [0.29, 0.717) is 50.8 Å². The third-order valence-corrected chi connectivity index (χ3v) is 8.58. The first kappa shape index (κ1) is 24.0. The van der Waals surface area contributed by atoms with Crippen molar-refractivity contribution in [2.45, 2.75) is 51.1 Å². The van der Waals surface area contributed by atoms with E-state index in [4.69, 9.17) is 11.6 Å². The summed E-state index contributed by atoms with van der Waals surface area (Å²) in [6.07, 6.45) is 5.67. The maximum atomic E-state index is 13.6. The number of nitrogens with zero attached hydrogens (tertiary/aromatic N) is 5. The lowest BCUT2D eigenvalue weighted by Gasteiger charge is -2.36. The lowest BCUT2D eigenvalue weighted by Crippen LogP contribution is -2.49. The second kappa shape index (κ2) is 10.0. The first-order valence-electron chi connectivity index (χ1n) is 11.7. The van der Waals surface area contributed by atoms with Gasteiger partial charge in [0.2, 0.25) is 5.03 Å². The molecule has 2 aliphatic rings. The number of anilines is 1. The van der Waals surface area contributed by atoms with Crippen LogP contribution in [-0.2, 0) is 16.6 Å². The Hall–Kier alpha value is -2.10. The summed E-state index contributed by atoms with van der Waals surface area (Å²) in [7, 11) is -3.90. The molecule has 0 saturated carbocycles. The number of amides is 1. The number of carbonyl (C=O) groups excluding carboxylic acids is 1. The van der Waals surface area contributed by atoms with Crippen molar-refractivity contribution < 1.29 is 13.2 Å². The summed E-state index contributed by atoms with van der Waals surface area (Å²) in [4.78, 5) is 17.2. The van der Waals surface area contributed by atoms with Gasteiger partial charge in [-0.1, -0.05) is 30.5 Å². The highest BCUT2D eigenvalue weighted by Gasteiger charge is 2.36. The van der Waals surface area contributed by atoms with E-state index in [1.54, 1.807) is 15.8 Å². The van der Waals surface area contributed by atoms with Gasteiger partial charge >= 0.3 is 0 Å². The van der Waals surface area contributed by atoms with Crippen molar-refractivity contribution >= 4 is 33.2 Å². The second-order valence-electron chi connectivity index (χ2n) is 8.73. The smallest absolute Gasteiger partial charge is 0.263 e. The first-order valence-corrected chi connectivity index (χ1v) is 13.5. The Kier molecular flexibility index (Phi) is 7.31.